The molecule has 0 amide bonds. The van der Waals surface area contributed by atoms with Gasteiger partial charge in [0.2, 0.25) is 0 Å². The third kappa shape index (κ3) is 3.95. The zero-order valence-electron chi connectivity index (χ0n) is 15.4. The molecule has 0 saturated heterocycles. The molecule has 3 heterocycles. The Labute approximate surface area is 167 Å². The van der Waals surface area contributed by atoms with E-state index in [0.717, 1.165) is 32.9 Å². The number of nitriles is 1. The lowest BCUT2D eigenvalue weighted by Crippen LogP contribution is -1.98. The number of carbonyl (C=O) groups is 1. The van der Waals surface area contributed by atoms with Crippen molar-refractivity contribution in [2.24, 2.45) is 0 Å². The van der Waals surface area contributed by atoms with Crippen LogP contribution in [-0.4, -0.2) is 28.1 Å². The molecular weight excluding hydrogens is 376 g/mol. The Balaban J connectivity index is 0.000000516. The first-order chi connectivity index (χ1) is 13.6. The van der Waals surface area contributed by atoms with Gasteiger partial charge in [-0.25, -0.2) is 4.98 Å². The first-order valence-corrected chi connectivity index (χ1v) is 8.80. The molecule has 6 nitrogen and oxygen atoms in total. The third-order valence-electron chi connectivity index (χ3n) is 4.25. The standard InChI is InChI=1S/C19H13ClN4.C2H4O2/c1-12-10-24(18-4-5-22-17(8-21)19(12)18)11-13-2-3-16-14(6-13)7-15(20)9-23-16;1-4-2-3/h2-7,9-10H,11H2,1H3;2H,1H3. The van der Waals surface area contributed by atoms with E-state index in [-0.39, 0.29) is 0 Å². The molecule has 1 aromatic carbocycles. The summed E-state index contributed by atoms with van der Waals surface area (Å²) in [6, 6.07) is 12.2. The lowest BCUT2D eigenvalue weighted by atomic mass is 10.1. The number of rotatable bonds is 3. The summed E-state index contributed by atoms with van der Waals surface area (Å²) in [5.74, 6) is 0. The van der Waals surface area contributed by atoms with E-state index in [1.54, 1.807) is 12.4 Å². The summed E-state index contributed by atoms with van der Waals surface area (Å²) in [5.41, 5.74) is 4.62. The van der Waals surface area contributed by atoms with Crippen LogP contribution in [0.2, 0.25) is 5.02 Å². The number of pyridine rings is 2. The average Bonchev–Trinajstić information content (AvgIpc) is 3.03. The number of benzene rings is 1. The van der Waals surface area contributed by atoms with Gasteiger partial charge in [0.25, 0.3) is 6.47 Å². The van der Waals surface area contributed by atoms with Gasteiger partial charge in [-0.3, -0.25) is 9.78 Å². The minimum atomic E-state index is 0.375. The van der Waals surface area contributed by atoms with Gasteiger partial charge in [-0.1, -0.05) is 17.7 Å². The fourth-order valence-electron chi connectivity index (χ4n) is 3.11. The number of halogens is 1. The van der Waals surface area contributed by atoms with E-state index >= 15 is 0 Å². The molecule has 0 aliphatic rings. The van der Waals surface area contributed by atoms with Crippen LogP contribution in [0.1, 0.15) is 16.8 Å². The van der Waals surface area contributed by atoms with Gasteiger partial charge in [-0.15, -0.1) is 0 Å². The van der Waals surface area contributed by atoms with Crippen LogP contribution in [0.15, 0.2) is 48.9 Å². The molecule has 140 valence electrons. The maximum atomic E-state index is 9.26. The van der Waals surface area contributed by atoms with E-state index < -0.39 is 0 Å². The Morgan fingerprint density at radius 3 is 2.79 bits per heavy atom. The third-order valence-corrected chi connectivity index (χ3v) is 4.46. The molecule has 0 N–H and O–H groups in total. The van der Waals surface area contributed by atoms with Crippen molar-refractivity contribution >= 4 is 39.9 Å². The van der Waals surface area contributed by atoms with Crippen molar-refractivity contribution in [3.63, 3.8) is 0 Å². The lowest BCUT2D eigenvalue weighted by Gasteiger charge is -2.07. The summed E-state index contributed by atoms with van der Waals surface area (Å²) in [4.78, 5) is 17.4. The van der Waals surface area contributed by atoms with Crippen molar-refractivity contribution < 1.29 is 9.53 Å². The molecule has 4 rings (SSSR count). The lowest BCUT2D eigenvalue weighted by molar-refractivity contribution is -0.126. The van der Waals surface area contributed by atoms with Crippen molar-refractivity contribution in [2.75, 3.05) is 7.11 Å². The van der Waals surface area contributed by atoms with Gasteiger partial charge in [-0.05, 0) is 42.3 Å². The Morgan fingerprint density at radius 2 is 2.07 bits per heavy atom. The minimum absolute atomic E-state index is 0.375. The number of hydrogen-bond acceptors (Lipinski definition) is 5. The average molecular weight is 393 g/mol. The van der Waals surface area contributed by atoms with Crippen molar-refractivity contribution in [3.8, 4) is 6.07 Å². The Hall–Kier alpha value is -3.43. The highest BCUT2D eigenvalue weighted by Crippen LogP contribution is 2.25. The summed E-state index contributed by atoms with van der Waals surface area (Å²) >= 11 is 6.04. The van der Waals surface area contributed by atoms with Crippen molar-refractivity contribution in [3.05, 3.63) is 70.8 Å². The van der Waals surface area contributed by atoms with Crippen molar-refractivity contribution in [2.45, 2.75) is 13.5 Å². The number of nitrogens with zero attached hydrogens (tertiary/aromatic N) is 4. The monoisotopic (exact) mass is 392 g/mol. The summed E-state index contributed by atoms with van der Waals surface area (Å²) in [6.45, 7) is 3.09. The van der Waals surface area contributed by atoms with Crippen LogP contribution in [0.3, 0.4) is 0 Å². The topological polar surface area (TPSA) is 80.8 Å². The molecule has 4 aromatic rings. The first-order valence-electron chi connectivity index (χ1n) is 8.42. The van der Waals surface area contributed by atoms with E-state index in [1.807, 2.05) is 25.1 Å². The first kappa shape index (κ1) is 19.3. The predicted molar refractivity (Wildman–Crippen MR) is 108 cm³/mol. The second-order valence-electron chi connectivity index (χ2n) is 6.12. The molecule has 7 heteroatoms. The number of carbonyl (C=O) groups excluding carboxylic acids is 1. The Bertz CT molecular complexity index is 1190. The van der Waals surface area contributed by atoms with Crippen LogP contribution in [0.4, 0.5) is 0 Å². The molecule has 28 heavy (non-hydrogen) atoms. The molecular formula is C21H17ClN4O2. The van der Waals surface area contributed by atoms with Gasteiger partial charge in [0.1, 0.15) is 11.8 Å². The zero-order chi connectivity index (χ0) is 20.1. The SMILES string of the molecule is COC=O.Cc1cn(Cc2ccc3ncc(Cl)cc3c2)c2ccnc(C#N)c12. The quantitative estimate of drug-likeness (QED) is 0.487. The van der Waals surface area contributed by atoms with Gasteiger partial charge >= 0.3 is 0 Å². The number of ether oxygens (including phenoxy) is 1. The molecule has 0 bridgehead atoms. The molecule has 0 atom stereocenters. The molecule has 0 unspecified atom stereocenters. The number of methoxy groups -OCH3 is 1. The van der Waals surface area contributed by atoms with Crippen molar-refractivity contribution in [1.82, 2.24) is 14.5 Å². The maximum Gasteiger partial charge on any atom is 0.292 e. The van der Waals surface area contributed by atoms with Crippen LogP contribution >= 0.6 is 11.6 Å². The fraction of sp³-hybridized carbons (Fsp3) is 0.143. The Kier molecular flexibility index (Phi) is 5.87. The normalized spacial score (nSPS) is 10.2. The molecule has 3 aromatic heterocycles. The molecule has 0 saturated carbocycles. The fourth-order valence-corrected chi connectivity index (χ4v) is 3.28. The van der Waals surface area contributed by atoms with E-state index in [1.165, 1.54) is 7.11 Å². The van der Waals surface area contributed by atoms with E-state index in [9.17, 15) is 5.26 Å². The van der Waals surface area contributed by atoms with Gasteiger partial charge in [0, 0.05) is 35.9 Å². The number of fused-ring (bicyclic) bond motifs is 2. The highest BCUT2D eigenvalue weighted by atomic mass is 35.5. The number of aromatic nitrogens is 3. The summed E-state index contributed by atoms with van der Waals surface area (Å²) in [7, 11) is 1.31. The van der Waals surface area contributed by atoms with Crippen LogP contribution in [0.5, 0.6) is 0 Å². The highest BCUT2D eigenvalue weighted by Gasteiger charge is 2.11. The van der Waals surface area contributed by atoms with Gasteiger partial charge < -0.3 is 9.30 Å². The molecule has 0 spiro atoms. The van der Waals surface area contributed by atoms with Crippen molar-refractivity contribution in [1.29, 1.82) is 5.26 Å². The van der Waals surface area contributed by atoms with E-state index in [4.69, 9.17) is 16.4 Å². The van der Waals surface area contributed by atoms with Crippen LogP contribution in [0, 0.1) is 18.3 Å². The second-order valence-corrected chi connectivity index (χ2v) is 6.55. The van der Waals surface area contributed by atoms with Gasteiger partial charge in [-0.2, -0.15) is 5.26 Å². The molecule has 0 aliphatic heterocycles. The summed E-state index contributed by atoms with van der Waals surface area (Å²) in [5, 5.41) is 11.8. The predicted octanol–water partition coefficient (Wildman–Crippen LogP) is 4.26. The van der Waals surface area contributed by atoms with Gasteiger partial charge in [0.15, 0.2) is 0 Å². The second kappa shape index (κ2) is 8.51. The molecule has 0 radical (unpaired) electrons. The van der Waals surface area contributed by atoms with E-state index in [0.29, 0.717) is 23.7 Å². The number of aryl methyl sites for hydroxylation is 1. The molecule has 0 fully saturated rings. The largest absolute Gasteiger partial charge is 0.471 e. The molecule has 0 aliphatic carbocycles. The van der Waals surface area contributed by atoms with Gasteiger partial charge in [0.05, 0.1) is 23.2 Å². The minimum Gasteiger partial charge on any atom is -0.471 e. The van der Waals surface area contributed by atoms with Crippen LogP contribution < -0.4 is 0 Å². The highest BCUT2D eigenvalue weighted by molar-refractivity contribution is 6.31. The smallest absolute Gasteiger partial charge is 0.292 e. The zero-order valence-corrected chi connectivity index (χ0v) is 16.1. The van der Waals surface area contributed by atoms with Crippen LogP contribution in [0.25, 0.3) is 21.8 Å². The summed E-state index contributed by atoms with van der Waals surface area (Å²) in [6.07, 6.45) is 5.40. The number of hydrogen-bond donors (Lipinski definition) is 0. The van der Waals surface area contributed by atoms with Crippen LogP contribution in [-0.2, 0) is 16.1 Å². The maximum absolute atomic E-state index is 9.26. The Morgan fingerprint density at radius 1 is 1.29 bits per heavy atom. The van der Waals surface area contributed by atoms with E-state index in [2.05, 4.69) is 43.7 Å². The summed E-state index contributed by atoms with van der Waals surface area (Å²) < 4.78 is 6.01.